The third kappa shape index (κ3) is 5.15. The van der Waals surface area contributed by atoms with E-state index in [2.05, 4.69) is 5.32 Å². The van der Waals surface area contributed by atoms with Crippen molar-refractivity contribution in [2.45, 2.75) is 30.6 Å². The summed E-state index contributed by atoms with van der Waals surface area (Å²) in [6.45, 7) is 1.89. The highest BCUT2D eigenvalue weighted by Crippen LogP contribution is 2.45. The Kier molecular flexibility index (Phi) is 6.09. The Bertz CT molecular complexity index is 1340. The summed E-state index contributed by atoms with van der Waals surface area (Å²) in [4.78, 5) is 13.2. The van der Waals surface area contributed by atoms with Gasteiger partial charge in [-0.15, -0.1) is 0 Å². The zero-order valence-corrected chi connectivity index (χ0v) is 18.9. The van der Waals surface area contributed by atoms with Gasteiger partial charge in [-0.1, -0.05) is 12.1 Å². The van der Waals surface area contributed by atoms with E-state index in [4.69, 9.17) is 14.6 Å². The van der Waals surface area contributed by atoms with Crippen molar-refractivity contribution in [2.24, 2.45) is 5.14 Å². The molecule has 0 spiro atoms. The summed E-state index contributed by atoms with van der Waals surface area (Å²) in [5.41, 5.74) is 2.32. The van der Waals surface area contributed by atoms with Crippen molar-refractivity contribution in [3.8, 4) is 17.2 Å². The number of hydrogen-bond acceptors (Lipinski definition) is 5. The molecule has 1 amide bonds. The lowest BCUT2D eigenvalue weighted by atomic mass is 9.98. The molecular weight excluding hydrogens is 447 g/mol. The van der Waals surface area contributed by atoms with Crippen LogP contribution in [0.25, 0.3) is 0 Å². The monoisotopic (exact) mass is 470 g/mol. The van der Waals surface area contributed by atoms with Crippen molar-refractivity contribution < 1.29 is 27.1 Å². The maximum Gasteiger partial charge on any atom is 0.259 e. The number of methoxy groups -OCH3 is 1. The second-order valence-corrected chi connectivity index (χ2v) is 9.49. The van der Waals surface area contributed by atoms with Crippen LogP contribution in [0.3, 0.4) is 0 Å². The number of rotatable bonds is 7. The van der Waals surface area contributed by atoms with Crippen LogP contribution in [0.2, 0.25) is 0 Å². The summed E-state index contributed by atoms with van der Waals surface area (Å²) in [5, 5.41) is 7.94. The van der Waals surface area contributed by atoms with Crippen molar-refractivity contribution in [3.05, 3.63) is 77.1 Å². The minimum Gasteiger partial charge on any atom is -0.494 e. The lowest BCUT2D eigenvalue weighted by Crippen LogP contribution is -2.17. The van der Waals surface area contributed by atoms with Gasteiger partial charge < -0.3 is 14.8 Å². The third-order valence-corrected chi connectivity index (χ3v) is 6.20. The van der Waals surface area contributed by atoms with Gasteiger partial charge in [0.2, 0.25) is 10.0 Å². The molecule has 0 atom stereocenters. The number of ether oxygens (including phenoxy) is 2. The summed E-state index contributed by atoms with van der Waals surface area (Å²) >= 11 is 0. The largest absolute Gasteiger partial charge is 0.494 e. The Morgan fingerprint density at radius 2 is 1.85 bits per heavy atom. The zero-order chi connectivity index (χ0) is 23.8. The molecule has 0 heterocycles. The maximum absolute atomic E-state index is 14.2. The number of aryl methyl sites for hydroxylation is 1. The molecule has 3 N–H and O–H groups in total. The summed E-state index contributed by atoms with van der Waals surface area (Å²) in [5.74, 6) is -0.259. The molecule has 1 saturated carbocycles. The first-order valence-electron chi connectivity index (χ1n) is 10.3. The average Bonchev–Trinajstić information content (AvgIpc) is 3.58. The van der Waals surface area contributed by atoms with Gasteiger partial charge in [0.05, 0.1) is 17.6 Å². The molecule has 4 rings (SSSR count). The van der Waals surface area contributed by atoms with Crippen LogP contribution in [0.4, 0.5) is 10.1 Å². The topological polar surface area (TPSA) is 108 Å². The van der Waals surface area contributed by atoms with Gasteiger partial charge in [0.1, 0.15) is 11.5 Å². The Morgan fingerprint density at radius 3 is 2.48 bits per heavy atom. The minimum atomic E-state index is -3.92. The number of benzene rings is 3. The van der Waals surface area contributed by atoms with E-state index in [1.807, 2.05) is 13.0 Å². The highest BCUT2D eigenvalue weighted by molar-refractivity contribution is 7.89. The lowest BCUT2D eigenvalue weighted by molar-refractivity contribution is 0.102. The van der Waals surface area contributed by atoms with E-state index in [-0.39, 0.29) is 33.7 Å². The van der Waals surface area contributed by atoms with Crippen molar-refractivity contribution in [1.29, 1.82) is 0 Å². The number of primary sulfonamides is 1. The molecule has 33 heavy (non-hydrogen) atoms. The summed E-state index contributed by atoms with van der Waals surface area (Å²) < 4.78 is 48.4. The van der Waals surface area contributed by atoms with Crippen LogP contribution in [-0.2, 0) is 10.0 Å². The SMILES string of the molecule is COc1ccc(Oc2cc(C)cc(C3CC3)c2C(=O)Nc2cccc(S(N)(=O)=O)c2)cc1F. The van der Waals surface area contributed by atoms with E-state index in [1.165, 1.54) is 37.4 Å². The fourth-order valence-electron chi connectivity index (χ4n) is 3.60. The van der Waals surface area contributed by atoms with Gasteiger partial charge in [0.15, 0.2) is 11.6 Å². The fraction of sp³-hybridized carbons (Fsp3) is 0.208. The predicted octanol–water partition coefficient (Wildman–Crippen LogP) is 4.71. The van der Waals surface area contributed by atoms with Crippen molar-refractivity contribution in [2.75, 3.05) is 12.4 Å². The Morgan fingerprint density at radius 1 is 1.09 bits per heavy atom. The number of hydrogen-bond donors (Lipinski definition) is 2. The van der Waals surface area contributed by atoms with Crippen molar-refractivity contribution in [1.82, 2.24) is 0 Å². The van der Waals surface area contributed by atoms with Crippen LogP contribution < -0.4 is 19.9 Å². The van der Waals surface area contributed by atoms with E-state index in [9.17, 15) is 17.6 Å². The highest BCUT2D eigenvalue weighted by atomic mass is 32.2. The number of carbonyl (C=O) groups excluding carboxylic acids is 1. The Labute approximate surface area is 191 Å². The van der Waals surface area contributed by atoms with Gasteiger partial charge in [0, 0.05) is 11.8 Å². The van der Waals surface area contributed by atoms with Crippen LogP contribution in [-0.4, -0.2) is 21.4 Å². The average molecular weight is 471 g/mol. The molecule has 1 fully saturated rings. The van der Waals surface area contributed by atoms with Crippen molar-refractivity contribution in [3.63, 3.8) is 0 Å². The van der Waals surface area contributed by atoms with E-state index < -0.39 is 21.7 Å². The number of sulfonamides is 1. The number of nitrogens with one attached hydrogen (secondary N) is 1. The van der Waals surface area contributed by atoms with Gasteiger partial charge in [0.25, 0.3) is 5.91 Å². The van der Waals surface area contributed by atoms with Crippen molar-refractivity contribution >= 4 is 21.6 Å². The van der Waals surface area contributed by atoms with Gasteiger partial charge in [-0.05, 0) is 73.2 Å². The number of anilines is 1. The molecule has 7 nitrogen and oxygen atoms in total. The second kappa shape index (κ2) is 8.84. The van der Waals surface area contributed by atoms with Crippen LogP contribution in [0.15, 0.2) is 59.5 Å². The van der Waals surface area contributed by atoms with Crippen LogP contribution in [0.5, 0.6) is 17.2 Å². The normalized spacial score (nSPS) is 13.5. The number of amides is 1. The number of halogens is 1. The maximum atomic E-state index is 14.2. The molecule has 172 valence electrons. The summed E-state index contributed by atoms with van der Waals surface area (Å²) in [6.07, 6.45) is 1.89. The molecule has 9 heteroatoms. The van der Waals surface area contributed by atoms with Crippen LogP contribution in [0.1, 0.15) is 40.2 Å². The first-order chi connectivity index (χ1) is 15.7. The summed E-state index contributed by atoms with van der Waals surface area (Å²) in [7, 11) is -2.55. The first kappa shape index (κ1) is 22.8. The molecule has 0 saturated heterocycles. The molecule has 3 aromatic carbocycles. The van der Waals surface area contributed by atoms with Gasteiger partial charge >= 0.3 is 0 Å². The molecular formula is C24H23FN2O5S. The van der Waals surface area contributed by atoms with Gasteiger partial charge in [-0.25, -0.2) is 17.9 Å². The molecule has 1 aliphatic carbocycles. The Balaban J connectivity index is 1.72. The quantitative estimate of drug-likeness (QED) is 0.520. The molecule has 0 bridgehead atoms. The van der Waals surface area contributed by atoms with E-state index >= 15 is 0 Å². The molecule has 0 aromatic heterocycles. The Hall–Kier alpha value is -3.43. The minimum absolute atomic E-state index is 0.0815. The number of nitrogens with two attached hydrogens (primary N) is 1. The van der Waals surface area contributed by atoms with Crippen LogP contribution >= 0.6 is 0 Å². The zero-order valence-electron chi connectivity index (χ0n) is 18.1. The second-order valence-electron chi connectivity index (χ2n) is 7.93. The van der Waals surface area contributed by atoms with Gasteiger partial charge in [-0.2, -0.15) is 0 Å². The van der Waals surface area contributed by atoms with Gasteiger partial charge in [-0.3, -0.25) is 4.79 Å². The van der Waals surface area contributed by atoms with E-state index in [0.29, 0.717) is 5.56 Å². The van der Waals surface area contributed by atoms with Crippen LogP contribution in [0, 0.1) is 12.7 Å². The molecule has 0 radical (unpaired) electrons. The smallest absolute Gasteiger partial charge is 0.259 e. The lowest BCUT2D eigenvalue weighted by Gasteiger charge is -2.17. The summed E-state index contributed by atoms with van der Waals surface area (Å²) in [6, 6.07) is 13.5. The standard InChI is InChI=1S/C24H23FN2O5S/c1-14-10-19(15-6-7-15)23(22(11-14)32-17-8-9-21(31-2)20(25)13-17)24(28)27-16-4-3-5-18(12-16)33(26,29)30/h3-5,8-13,15H,6-7H2,1-2H3,(H,27,28)(H2,26,29,30). The predicted molar refractivity (Wildman–Crippen MR) is 122 cm³/mol. The molecule has 0 unspecified atom stereocenters. The fourth-order valence-corrected chi connectivity index (χ4v) is 4.16. The molecule has 3 aromatic rings. The van der Waals surface area contributed by atoms with E-state index in [1.54, 1.807) is 18.2 Å². The molecule has 0 aliphatic heterocycles. The molecule has 1 aliphatic rings. The highest BCUT2D eigenvalue weighted by Gasteiger charge is 2.31. The first-order valence-corrected chi connectivity index (χ1v) is 11.8. The number of carbonyl (C=O) groups is 1. The van der Waals surface area contributed by atoms with E-state index in [0.717, 1.165) is 24.0 Å². The third-order valence-electron chi connectivity index (χ3n) is 5.29.